The molecule has 0 bridgehead atoms. The van der Waals surface area contributed by atoms with Crippen molar-refractivity contribution < 1.29 is 8.42 Å². The van der Waals surface area contributed by atoms with Crippen LogP contribution in [-0.4, -0.2) is 26.0 Å². The highest BCUT2D eigenvalue weighted by molar-refractivity contribution is 8.00. The minimum Gasteiger partial charge on any atom is -0.327 e. The summed E-state index contributed by atoms with van der Waals surface area (Å²) in [4.78, 5) is 1.48. The molecule has 2 N–H and O–H groups in total. The lowest BCUT2D eigenvalue weighted by Crippen LogP contribution is -2.31. The Morgan fingerprint density at radius 2 is 1.74 bits per heavy atom. The Labute approximate surface area is 119 Å². The molecule has 3 nitrogen and oxygen atoms in total. The Morgan fingerprint density at radius 3 is 2.37 bits per heavy atom. The van der Waals surface area contributed by atoms with Crippen molar-refractivity contribution in [3.8, 4) is 0 Å². The summed E-state index contributed by atoms with van der Waals surface area (Å²) >= 11 is 1.79. The Kier molecular flexibility index (Phi) is 4.92. The van der Waals surface area contributed by atoms with E-state index in [9.17, 15) is 8.42 Å². The molecule has 0 aliphatic heterocycles. The van der Waals surface area contributed by atoms with Crippen LogP contribution in [0.4, 0.5) is 0 Å². The predicted octanol–water partition coefficient (Wildman–Crippen LogP) is 2.84. The lowest BCUT2D eigenvalue weighted by atomic mass is 10.1. The van der Waals surface area contributed by atoms with Gasteiger partial charge in [0.1, 0.15) is 0 Å². The first kappa shape index (κ1) is 14.9. The summed E-state index contributed by atoms with van der Waals surface area (Å²) in [5, 5.41) is 0.451. The van der Waals surface area contributed by atoms with E-state index in [4.69, 9.17) is 5.73 Å². The lowest BCUT2D eigenvalue weighted by molar-refractivity contribution is 0.596. The molecule has 0 amide bonds. The third kappa shape index (κ3) is 4.23. The Balaban J connectivity index is 2.06. The van der Waals surface area contributed by atoms with Gasteiger partial charge in [0.2, 0.25) is 0 Å². The molecule has 2 rings (SSSR count). The topological polar surface area (TPSA) is 60.2 Å². The highest BCUT2D eigenvalue weighted by Crippen LogP contribution is 2.32. The summed E-state index contributed by atoms with van der Waals surface area (Å²) in [6, 6.07) is 7.39. The zero-order chi connectivity index (χ0) is 13.9. The van der Waals surface area contributed by atoms with Crippen LogP contribution >= 0.6 is 11.8 Å². The standard InChI is InChI=1S/C14H21NO2S2/c1-19(16,17)12-9-7-11(8-10-12)18-14-6-4-2-3-5-13(14)15/h7-10,13-14H,2-6,15H2,1H3. The van der Waals surface area contributed by atoms with E-state index in [0.717, 1.165) is 17.7 Å². The average molecular weight is 299 g/mol. The number of hydrogen-bond acceptors (Lipinski definition) is 4. The van der Waals surface area contributed by atoms with Crippen molar-refractivity contribution >= 4 is 21.6 Å². The van der Waals surface area contributed by atoms with Gasteiger partial charge in [-0.15, -0.1) is 11.8 Å². The summed E-state index contributed by atoms with van der Waals surface area (Å²) in [5.74, 6) is 0. The predicted molar refractivity (Wildman–Crippen MR) is 80.3 cm³/mol. The first-order valence-electron chi connectivity index (χ1n) is 6.69. The van der Waals surface area contributed by atoms with Gasteiger partial charge in [0, 0.05) is 22.4 Å². The van der Waals surface area contributed by atoms with Gasteiger partial charge in [0.25, 0.3) is 0 Å². The number of sulfone groups is 1. The number of benzene rings is 1. The van der Waals surface area contributed by atoms with E-state index in [1.165, 1.54) is 25.5 Å². The van der Waals surface area contributed by atoms with Crippen LogP contribution in [0.5, 0.6) is 0 Å². The highest BCUT2D eigenvalue weighted by Gasteiger charge is 2.21. The van der Waals surface area contributed by atoms with E-state index in [2.05, 4.69) is 0 Å². The van der Waals surface area contributed by atoms with E-state index >= 15 is 0 Å². The summed E-state index contributed by atoms with van der Waals surface area (Å²) < 4.78 is 22.8. The molecule has 1 aliphatic carbocycles. The number of thioether (sulfide) groups is 1. The van der Waals surface area contributed by atoms with E-state index in [1.807, 2.05) is 12.1 Å². The summed E-state index contributed by atoms with van der Waals surface area (Å²) in [5.41, 5.74) is 6.21. The van der Waals surface area contributed by atoms with Crippen molar-refractivity contribution in [2.45, 2.75) is 53.2 Å². The zero-order valence-corrected chi connectivity index (χ0v) is 12.8. The van der Waals surface area contributed by atoms with Crippen LogP contribution in [0.25, 0.3) is 0 Å². The van der Waals surface area contributed by atoms with Crippen LogP contribution in [0, 0.1) is 0 Å². The fraction of sp³-hybridized carbons (Fsp3) is 0.571. The van der Waals surface area contributed by atoms with Crippen molar-refractivity contribution in [3.05, 3.63) is 24.3 Å². The van der Waals surface area contributed by atoms with Gasteiger partial charge < -0.3 is 5.73 Å². The molecule has 1 aromatic rings. The molecule has 2 atom stereocenters. The molecule has 19 heavy (non-hydrogen) atoms. The van der Waals surface area contributed by atoms with Crippen molar-refractivity contribution in [1.29, 1.82) is 0 Å². The third-order valence-electron chi connectivity index (χ3n) is 3.54. The second-order valence-corrected chi connectivity index (χ2v) is 8.53. The van der Waals surface area contributed by atoms with Crippen molar-refractivity contribution in [1.82, 2.24) is 0 Å². The normalized spacial score (nSPS) is 24.9. The molecule has 0 saturated heterocycles. The summed E-state index contributed by atoms with van der Waals surface area (Å²) in [6.07, 6.45) is 7.23. The van der Waals surface area contributed by atoms with Gasteiger partial charge in [-0.05, 0) is 37.1 Å². The molecule has 106 valence electrons. The molecule has 0 spiro atoms. The van der Waals surface area contributed by atoms with Crippen LogP contribution in [0.1, 0.15) is 32.1 Å². The molecule has 0 heterocycles. The maximum absolute atomic E-state index is 11.4. The maximum Gasteiger partial charge on any atom is 0.175 e. The molecule has 1 saturated carbocycles. The SMILES string of the molecule is CS(=O)(=O)c1ccc(SC2CCCCCC2N)cc1. The molecular weight excluding hydrogens is 278 g/mol. The van der Waals surface area contributed by atoms with Gasteiger partial charge in [0.15, 0.2) is 9.84 Å². The average Bonchev–Trinajstić information content (AvgIpc) is 2.55. The Bertz CT molecular complexity index is 511. The van der Waals surface area contributed by atoms with Crippen LogP contribution in [0.3, 0.4) is 0 Å². The largest absolute Gasteiger partial charge is 0.327 e. The fourth-order valence-corrected chi connectivity index (χ4v) is 4.26. The molecular formula is C14H21NO2S2. The quantitative estimate of drug-likeness (QED) is 0.872. The van der Waals surface area contributed by atoms with Gasteiger partial charge in [-0.25, -0.2) is 8.42 Å². The van der Waals surface area contributed by atoms with Gasteiger partial charge in [0.05, 0.1) is 4.90 Å². The van der Waals surface area contributed by atoms with Crippen LogP contribution in [-0.2, 0) is 9.84 Å². The van der Waals surface area contributed by atoms with E-state index in [-0.39, 0.29) is 6.04 Å². The van der Waals surface area contributed by atoms with Crippen LogP contribution < -0.4 is 5.73 Å². The highest BCUT2D eigenvalue weighted by atomic mass is 32.2. The van der Waals surface area contributed by atoms with Crippen molar-refractivity contribution in [2.75, 3.05) is 6.26 Å². The first-order chi connectivity index (χ1) is 8.97. The van der Waals surface area contributed by atoms with Gasteiger partial charge >= 0.3 is 0 Å². The molecule has 1 aliphatic rings. The number of nitrogens with two attached hydrogens (primary N) is 1. The number of hydrogen-bond donors (Lipinski definition) is 1. The minimum absolute atomic E-state index is 0.252. The monoisotopic (exact) mass is 299 g/mol. The molecule has 0 radical (unpaired) electrons. The molecule has 1 aromatic carbocycles. The van der Waals surface area contributed by atoms with Gasteiger partial charge in [-0.3, -0.25) is 0 Å². The lowest BCUT2D eigenvalue weighted by Gasteiger charge is -2.20. The van der Waals surface area contributed by atoms with Crippen LogP contribution in [0.15, 0.2) is 34.1 Å². The first-order valence-corrected chi connectivity index (χ1v) is 9.46. The van der Waals surface area contributed by atoms with Crippen molar-refractivity contribution in [3.63, 3.8) is 0 Å². The Morgan fingerprint density at radius 1 is 1.11 bits per heavy atom. The third-order valence-corrected chi connectivity index (χ3v) is 6.10. The summed E-state index contributed by atoms with van der Waals surface area (Å²) in [7, 11) is -3.10. The van der Waals surface area contributed by atoms with E-state index in [1.54, 1.807) is 23.9 Å². The van der Waals surface area contributed by atoms with Gasteiger partial charge in [-0.2, -0.15) is 0 Å². The Hall–Kier alpha value is -0.520. The smallest absolute Gasteiger partial charge is 0.175 e. The van der Waals surface area contributed by atoms with Crippen molar-refractivity contribution in [2.24, 2.45) is 5.73 Å². The summed E-state index contributed by atoms with van der Waals surface area (Å²) in [6.45, 7) is 0. The second kappa shape index (κ2) is 6.29. The molecule has 5 heteroatoms. The minimum atomic E-state index is -3.10. The maximum atomic E-state index is 11.4. The van der Waals surface area contributed by atoms with E-state index in [0.29, 0.717) is 10.1 Å². The van der Waals surface area contributed by atoms with Crippen LogP contribution in [0.2, 0.25) is 0 Å². The zero-order valence-electron chi connectivity index (χ0n) is 11.2. The second-order valence-electron chi connectivity index (χ2n) is 5.20. The molecule has 0 aromatic heterocycles. The van der Waals surface area contributed by atoms with Gasteiger partial charge in [-0.1, -0.05) is 19.3 Å². The fourth-order valence-electron chi connectivity index (χ4n) is 2.39. The van der Waals surface area contributed by atoms with E-state index < -0.39 is 9.84 Å². The number of rotatable bonds is 3. The molecule has 2 unspecified atom stereocenters. The molecule has 1 fully saturated rings.